The smallest absolute Gasteiger partial charge is 0.255 e. The predicted molar refractivity (Wildman–Crippen MR) is 162 cm³/mol. The Morgan fingerprint density at radius 1 is 0.756 bits per heavy atom. The maximum Gasteiger partial charge on any atom is 0.255 e. The number of hydrogen-bond acceptors (Lipinski definition) is 7. The summed E-state index contributed by atoms with van der Waals surface area (Å²) in [7, 11) is 0. The zero-order chi connectivity index (χ0) is 28.2. The van der Waals surface area contributed by atoms with Gasteiger partial charge in [0.05, 0.1) is 12.2 Å². The van der Waals surface area contributed by atoms with Gasteiger partial charge in [-0.05, 0) is 77.4 Å². The molecule has 2 aliphatic heterocycles. The van der Waals surface area contributed by atoms with Gasteiger partial charge in [-0.3, -0.25) is 19.6 Å². The minimum atomic E-state index is -0.208. The van der Waals surface area contributed by atoms with Crippen LogP contribution >= 0.6 is 0 Å². The first-order chi connectivity index (χ1) is 20.0. The number of piperazine rings is 1. The molecule has 0 atom stereocenters. The van der Waals surface area contributed by atoms with E-state index in [1.165, 1.54) is 18.2 Å². The van der Waals surface area contributed by atoms with E-state index < -0.39 is 0 Å². The highest BCUT2D eigenvalue weighted by molar-refractivity contribution is 6.04. The molecule has 0 unspecified atom stereocenters. The topological polar surface area (TPSA) is 93.2 Å². The maximum atomic E-state index is 12.7. The van der Waals surface area contributed by atoms with Crippen LogP contribution in [0.25, 0.3) is 11.1 Å². The van der Waals surface area contributed by atoms with Crippen molar-refractivity contribution in [1.82, 2.24) is 15.0 Å². The molecule has 1 aromatic heterocycles. The average Bonchev–Trinajstić information content (AvgIpc) is 3.01. The van der Waals surface area contributed by atoms with Crippen LogP contribution in [0.3, 0.4) is 0 Å². The molecule has 9 nitrogen and oxygen atoms in total. The van der Waals surface area contributed by atoms with Gasteiger partial charge in [-0.25, -0.2) is 10.0 Å². The minimum Gasteiger partial charge on any atom is -0.369 e. The molecule has 2 amide bonds. The van der Waals surface area contributed by atoms with Crippen LogP contribution in [0, 0.1) is 0 Å². The van der Waals surface area contributed by atoms with Crippen molar-refractivity contribution in [2.45, 2.75) is 13.5 Å². The Labute approximate surface area is 239 Å². The number of aliphatic imine (C=N–C) groups is 1. The third-order valence-electron chi connectivity index (χ3n) is 7.33. The number of amides is 2. The number of benzene rings is 3. The van der Waals surface area contributed by atoms with Crippen molar-refractivity contribution >= 4 is 40.9 Å². The van der Waals surface area contributed by atoms with Crippen molar-refractivity contribution in [1.29, 1.82) is 0 Å². The number of hydrazine groups is 1. The molecule has 3 heterocycles. The number of anilines is 3. The van der Waals surface area contributed by atoms with Gasteiger partial charge in [0.1, 0.15) is 6.34 Å². The summed E-state index contributed by atoms with van der Waals surface area (Å²) in [5, 5.41) is 10.2. The lowest BCUT2D eigenvalue weighted by Crippen LogP contribution is -2.53. The second-order valence-corrected chi connectivity index (χ2v) is 10.1. The fourth-order valence-corrected chi connectivity index (χ4v) is 5.16. The molecule has 6 rings (SSSR count). The monoisotopic (exact) mass is 545 g/mol. The van der Waals surface area contributed by atoms with Gasteiger partial charge < -0.3 is 15.5 Å². The van der Waals surface area contributed by atoms with E-state index >= 15 is 0 Å². The van der Waals surface area contributed by atoms with Gasteiger partial charge in [0.2, 0.25) is 5.91 Å². The molecule has 2 aliphatic rings. The number of fused-ring (bicyclic) bond motifs is 1. The molecule has 4 aromatic rings. The third-order valence-corrected chi connectivity index (χ3v) is 7.33. The SMILES string of the molecule is CC(=O)Nc1ccc(C(=O)Nc2ccc(-c3ccc4c(c3)CN(N3CCN(c5ccncc5)CC3)C=N4)cc2)cc1. The van der Waals surface area contributed by atoms with E-state index in [9.17, 15) is 9.59 Å². The minimum absolute atomic E-state index is 0.151. The van der Waals surface area contributed by atoms with Gasteiger partial charge >= 0.3 is 0 Å². The molecule has 9 heteroatoms. The number of hydrogen-bond donors (Lipinski definition) is 2. The highest BCUT2D eigenvalue weighted by Crippen LogP contribution is 2.31. The fourth-order valence-electron chi connectivity index (χ4n) is 5.16. The number of pyridine rings is 1. The van der Waals surface area contributed by atoms with Gasteiger partial charge in [-0.2, -0.15) is 0 Å². The molecule has 3 aromatic carbocycles. The van der Waals surface area contributed by atoms with Gasteiger partial charge in [0.25, 0.3) is 5.91 Å². The maximum absolute atomic E-state index is 12.7. The molecule has 0 saturated carbocycles. The van der Waals surface area contributed by atoms with E-state index in [0.717, 1.165) is 49.5 Å². The van der Waals surface area contributed by atoms with Crippen molar-refractivity contribution in [3.63, 3.8) is 0 Å². The van der Waals surface area contributed by atoms with E-state index in [2.05, 4.69) is 60.9 Å². The van der Waals surface area contributed by atoms with E-state index in [-0.39, 0.29) is 11.8 Å². The Balaban J connectivity index is 1.08. The lowest BCUT2D eigenvalue weighted by atomic mass is 10.0. The second kappa shape index (κ2) is 11.6. The summed E-state index contributed by atoms with van der Waals surface area (Å²) in [6, 6.07) is 25.1. The first-order valence-electron chi connectivity index (χ1n) is 13.6. The summed E-state index contributed by atoms with van der Waals surface area (Å²) in [6.45, 7) is 5.98. The summed E-state index contributed by atoms with van der Waals surface area (Å²) < 4.78 is 0. The third kappa shape index (κ3) is 6.10. The standard InChI is InChI=1S/C32H31N7O2/c1-23(40)35-28-9-4-25(5-10-28)32(41)36-29-7-2-24(3-8-29)26-6-11-31-27(20-26)21-39(22-34-31)38-18-16-37(17-19-38)30-12-14-33-15-13-30/h2-15,20,22H,16-19,21H2,1H3,(H,35,40)(H,36,41). The molecule has 0 aliphatic carbocycles. The zero-order valence-electron chi connectivity index (χ0n) is 22.8. The first kappa shape index (κ1) is 26.2. The van der Waals surface area contributed by atoms with Gasteiger partial charge in [0.15, 0.2) is 0 Å². The average molecular weight is 546 g/mol. The first-order valence-corrected chi connectivity index (χ1v) is 13.6. The summed E-state index contributed by atoms with van der Waals surface area (Å²) in [5.74, 6) is -0.359. The van der Waals surface area contributed by atoms with Gasteiger partial charge in [-0.1, -0.05) is 18.2 Å². The van der Waals surface area contributed by atoms with Crippen LogP contribution in [0.2, 0.25) is 0 Å². The molecular weight excluding hydrogens is 514 g/mol. The number of carbonyl (C=O) groups is 2. The highest BCUT2D eigenvalue weighted by Gasteiger charge is 2.23. The molecule has 2 N–H and O–H groups in total. The Hall–Kier alpha value is -5.02. The summed E-state index contributed by atoms with van der Waals surface area (Å²) >= 11 is 0. The molecule has 41 heavy (non-hydrogen) atoms. The molecule has 0 bridgehead atoms. The lowest BCUT2D eigenvalue weighted by molar-refractivity contribution is -0.114. The number of nitrogens with one attached hydrogen (secondary N) is 2. The predicted octanol–water partition coefficient (Wildman–Crippen LogP) is 5.17. The number of nitrogens with zero attached hydrogens (tertiary/aromatic N) is 5. The lowest BCUT2D eigenvalue weighted by Gasteiger charge is -2.42. The Kier molecular flexibility index (Phi) is 7.42. The van der Waals surface area contributed by atoms with Crippen LogP contribution in [-0.2, 0) is 11.3 Å². The Bertz CT molecular complexity index is 1560. The van der Waals surface area contributed by atoms with Crippen molar-refractivity contribution < 1.29 is 9.59 Å². The van der Waals surface area contributed by atoms with E-state index in [1.54, 1.807) is 24.3 Å². The normalized spacial score (nSPS) is 14.9. The molecular formula is C32H31N7O2. The van der Waals surface area contributed by atoms with Crippen LogP contribution in [0.4, 0.5) is 22.7 Å². The number of carbonyl (C=O) groups excluding carboxylic acids is 2. The van der Waals surface area contributed by atoms with Crippen LogP contribution in [0.1, 0.15) is 22.8 Å². The highest BCUT2D eigenvalue weighted by atomic mass is 16.2. The van der Waals surface area contributed by atoms with Crippen LogP contribution < -0.4 is 15.5 Å². The van der Waals surface area contributed by atoms with Crippen LogP contribution in [-0.4, -0.2) is 59.3 Å². The van der Waals surface area contributed by atoms with Crippen LogP contribution in [0.15, 0.2) is 96.2 Å². The molecule has 0 radical (unpaired) electrons. The Morgan fingerprint density at radius 2 is 1.41 bits per heavy atom. The number of aromatic nitrogens is 1. The van der Waals surface area contributed by atoms with E-state index in [4.69, 9.17) is 4.99 Å². The zero-order valence-corrected chi connectivity index (χ0v) is 22.8. The van der Waals surface area contributed by atoms with Crippen molar-refractivity contribution in [3.05, 3.63) is 102 Å². The largest absolute Gasteiger partial charge is 0.369 e. The van der Waals surface area contributed by atoms with Crippen LogP contribution in [0.5, 0.6) is 0 Å². The molecule has 1 fully saturated rings. The summed E-state index contributed by atoms with van der Waals surface area (Å²) in [4.78, 5) is 35.1. The van der Waals surface area contributed by atoms with Crippen molar-refractivity contribution in [2.75, 3.05) is 41.7 Å². The summed E-state index contributed by atoms with van der Waals surface area (Å²) in [5.41, 5.74) is 7.44. The number of rotatable bonds is 6. The molecule has 206 valence electrons. The van der Waals surface area contributed by atoms with Crippen molar-refractivity contribution in [3.8, 4) is 11.1 Å². The second-order valence-electron chi connectivity index (χ2n) is 10.1. The Morgan fingerprint density at radius 3 is 2.12 bits per heavy atom. The van der Waals surface area contributed by atoms with E-state index in [1.807, 2.05) is 43.0 Å². The van der Waals surface area contributed by atoms with Crippen molar-refractivity contribution in [2.24, 2.45) is 4.99 Å². The molecule has 1 saturated heterocycles. The summed E-state index contributed by atoms with van der Waals surface area (Å²) in [6.07, 6.45) is 5.62. The van der Waals surface area contributed by atoms with E-state index in [0.29, 0.717) is 16.9 Å². The quantitative estimate of drug-likeness (QED) is 0.347. The molecule has 0 spiro atoms. The fraction of sp³-hybridized carbons (Fsp3) is 0.188. The van der Waals surface area contributed by atoms with Gasteiger partial charge in [0, 0.05) is 68.1 Å². The van der Waals surface area contributed by atoms with Gasteiger partial charge in [-0.15, -0.1) is 0 Å².